The van der Waals surface area contributed by atoms with Crippen LogP contribution < -0.4 is 11.1 Å². The number of hydrogen-bond donors (Lipinski definition) is 2. The zero-order chi connectivity index (χ0) is 13.5. The lowest BCUT2D eigenvalue weighted by atomic mass is 9.89. The van der Waals surface area contributed by atoms with Gasteiger partial charge in [-0.15, -0.1) is 0 Å². The van der Waals surface area contributed by atoms with Gasteiger partial charge in [0.1, 0.15) is 0 Å². The highest BCUT2D eigenvalue weighted by Gasteiger charge is 2.22. The number of nitrogens with two attached hydrogens (primary N) is 1. The summed E-state index contributed by atoms with van der Waals surface area (Å²) in [6, 6.07) is 0. The fraction of sp³-hybridized carbons (Fsp3) is 0.833. The number of carbonyl (C=O) groups is 1. The van der Waals surface area contributed by atoms with Crippen molar-refractivity contribution in [2.24, 2.45) is 11.1 Å². The van der Waals surface area contributed by atoms with Crippen molar-refractivity contribution in [1.82, 2.24) is 10.2 Å². The smallest absolute Gasteiger partial charge is 0.233 e. The predicted molar refractivity (Wildman–Crippen MR) is 76.0 cm³/mol. The Hall–Kier alpha value is -0.680. The van der Waals surface area contributed by atoms with Gasteiger partial charge >= 0.3 is 0 Å². The van der Waals surface area contributed by atoms with Crippen LogP contribution in [0.15, 0.2) is 0 Å². The van der Waals surface area contributed by atoms with Gasteiger partial charge in [0.25, 0.3) is 0 Å². The van der Waals surface area contributed by atoms with Crippen molar-refractivity contribution in [3.05, 3.63) is 0 Å². The number of carbonyl (C=O) groups excluding carboxylic acids is 1. The van der Waals surface area contributed by atoms with E-state index in [1.165, 1.54) is 0 Å². The van der Waals surface area contributed by atoms with E-state index in [9.17, 15) is 4.79 Å². The molecule has 100 valence electrons. The fourth-order valence-electron chi connectivity index (χ4n) is 1.43. The van der Waals surface area contributed by atoms with Crippen LogP contribution in [0.25, 0.3) is 0 Å². The van der Waals surface area contributed by atoms with Crippen LogP contribution in [0.4, 0.5) is 0 Å². The van der Waals surface area contributed by atoms with Crippen molar-refractivity contribution in [2.45, 2.75) is 33.6 Å². The number of nitrogens with one attached hydrogen (secondary N) is 1. The highest BCUT2D eigenvalue weighted by Crippen LogP contribution is 2.20. The molecule has 0 saturated carbocycles. The van der Waals surface area contributed by atoms with E-state index >= 15 is 0 Å². The summed E-state index contributed by atoms with van der Waals surface area (Å²) in [7, 11) is 1.66. The van der Waals surface area contributed by atoms with Gasteiger partial charge in [0.2, 0.25) is 5.91 Å². The molecule has 0 aliphatic carbocycles. The Balaban J connectivity index is 4.26. The van der Waals surface area contributed by atoms with Crippen LogP contribution in [0.1, 0.15) is 33.6 Å². The lowest BCUT2D eigenvalue weighted by Gasteiger charge is -2.28. The van der Waals surface area contributed by atoms with Gasteiger partial charge < -0.3 is 11.1 Å². The molecule has 0 unspecified atom stereocenters. The Kier molecular flexibility index (Phi) is 7.30. The third-order valence-corrected chi connectivity index (χ3v) is 3.46. The van der Waals surface area contributed by atoms with Gasteiger partial charge in [-0.2, -0.15) is 0 Å². The van der Waals surface area contributed by atoms with Crippen LogP contribution in [-0.2, 0) is 4.79 Å². The third-order valence-electron chi connectivity index (χ3n) is 2.91. The number of rotatable bonds is 8. The van der Waals surface area contributed by atoms with E-state index < -0.39 is 0 Å². The van der Waals surface area contributed by atoms with Crippen molar-refractivity contribution >= 4 is 23.1 Å². The van der Waals surface area contributed by atoms with Gasteiger partial charge in [0.05, 0.1) is 11.5 Å². The Morgan fingerprint density at radius 1 is 1.41 bits per heavy atom. The summed E-state index contributed by atoms with van der Waals surface area (Å²) in [6.45, 7) is 8.39. The van der Waals surface area contributed by atoms with Crippen LogP contribution in [0, 0.1) is 5.41 Å². The summed E-state index contributed by atoms with van der Waals surface area (Å²) in [4.78, 5) is 14.0. The van der Waals surface area contributed by atoms with Gasteiger partial charge in [-0.25, -0.2) is 0 Å². The lowest BCUT2D eigenvalue weighted by Crippen LogP contribution is -2.39. The van der Waals surface area contributed by atoms with Crippen molar-refractivity contribution in [1.29, 1.82) is 0 Å². The second-order valence-corrected chi connectivity index (χ2v) is 5.39. The van der Waals surface area contributed by atoms with Gasteiger partial charge in [0, 0.05) is 12.5 Å². The van der Waals surface area contributed by atoms with E-state index in [1.807, 2.05) is 13.8 Å². The second-order valence-electron chi connectivity index (χ2n) is 4.95. The Labute approximate surface area is 110 Å². The first-order valence-electron chi connectivity index (χ1n) is 6.06. The number of hydrogen-bond acceptors (Lipinski definition) is 3. The number of likely N-dealkylation sites (N-methyl/N-ethyl adjacent to an activating group) is 1. The second kappa shape index (κ2) is 7.61. The van der Waals surface area contributed by atoms with E-state index in [0.29, 0.717) is 11.5 Å². The molecular formula is C12H25N3OS. The molecule has 0 saturated heterocycles. The third kappa shape index (κ3) is 6.58. The fourth-order valence-corrected chi connectivity index (χ4v) is 1.53. The highest BCUT2D eigenvalue weighted by atomic mass is 32.1. The normalized spacial score (nSPS) is 11.6. The van der Waals surface area contributed by atoms with Crippen molar-refractivity contribution < 1.29 is 4.79 Å². The van der Waals surface area contributed by atoms with Crippen molar-refractivity contribution in [2.75, 3.05) is 26.7 Å². The molecule has 0 aromatic heterocycles. The molecule has 0 aromatic rings. The van der Waals surface area contributed by atoms with Crippen LogP contribution in [0.2, 0.25) is 0 Å². The maximum atomic E-state index is 11.4. The Morgan fingerprint density at radius 2 is 2.00 bits per heavy atom. The minimum atomic E-state index is -0.149. The Morgan fingerprint density at radius 3 is 2.41 bits per heavy atom. The average Bonchev–Trinajstić information content (AvgIpc) is 2.26. The van der Waals surface area contributed by atoms with E-state index in [-0.39, 0.29) is 11.3 Å². The molecule has 1 amide bonds. The molecular weight excluding hydrogens is 234 g/mol. The zero-order valence-corrected chi connectivity index (χ0v) is 12.2. The van der Waals surface area contributed by atoms with Gasteiger partial charge in [-0.3, -0.25) is 9.69 Å². The molecule has 0 bridgehead atoms. The van der Waals surface area contributed by atoms with Crippen molar-refractivity contribution in [3.63, 3.8) is 0 Å². The molecule has 0 atom stereocenters. The van der Waals surface area contributed by atoms with Crippen LogP contribution in [-0.4, -0.2) is 42.5 Å². The molecule has 0 aromatic carbocycles. The molecule has 0 fully saturated rings. The van der Waals surface area contributed by atoms with Crippen LogP contribution >= 0.6 is 12.2 Å². The minimum Gasteiger partial charge on any atom is -0.393 e. The SMILES string of the molecule is CCCN(CCC(C)(C)C(N)=S)CC(=O)NC. The van der Waals surface area contributed by atoms with Gasteiger partial charge in [0.15, 0.2) is 0 Å². The van der Waals surface area contributed by atoms with E-state index in [2.05, 4.69) is 17.1 Å². The first-order chi connectivity index (χ1) is 7.83. The molecule has 5 heteroatoms. The Bertz CT molecular complexity index is 266. The number of thiocarbonyl (C=S) groups is 1. The molecule has 17 heavy (non-hydrogen) atoms. The van der Waals surface area contributed by atoms with E-state index in [4.69, 9.17) is 18.0 Å². The summed E-state index contributed by atoms with van der Waals surface area (Å²) in [5, 5.41) is 2.64. The summed E-state index contributed by atoms with van der Waals surface area (Å²) < 4.78 is 0. The highest BCUT2D eigenvalue weighted by molar-refractivity contribution is 7.80. The van der Waals surface area contributed by atoms with E-state index in [0.717, 1.165) is 25.9 Å². The van der Waals surface area contributed by atoms with E-state index in [1.54, 1.807) is 7.05 Å². The maximum absolute atomic E-state index is 11.4. The predicted octanol–water partition coefficient (Wildman–Crippen LogP) is 1.15. The quantitative estimate of drug-likeness (QED) is 0.642. The van der Waals surface area contributed by atoms with Crippen LogP contribution in [0.3, 0.4) is 0 Å². The number of amides is 1. The molecule has 4 nitrogen and oxygen atoms in total. The summed E-state index contributed by atoms with van der Waals surface area (Å²) >= 11 is 5.04. The monoisotopic (exact) mass is 259 g/mol. The average molecular weight is 259 g/mol. The first-order valence-corrected chi connectivity index (χ1v) is 6.47. The zero-order valence-electron chi connectivity index (χ0n) is 11.4. The summed E-state index contributed by atoms with van der Waals surface area (Å²) in [5.74, 6) is 0.0478. The van der Waals surface area contributed by atoms with Gasteiger partial charge in [-0.05, 0) is 25.9 Å². The molecule has 0 aliphatic heterocycles. The summed E-state index contributed by atoms with van der Waals surface area (Å²) in [6.07, 6.45) is 1.91. The molecule has 0 spiro atoms. The van der Waals surface area contributed by atoms with Crippen LogP contribution in [0.5, 0.6) is 0 Å². The lowest BCUT2D eigenvalue weighted by molar-refractivity contribution is -0.121. The topological polar surface area (TPSA) is 58.4 Å². The largest absolute Gasteiger partial charge is 0.393 e. The number of nitrogens with zero attached hydrogens (tertiary/aromatic N) is 1. The molecule has 3 N–H and O–H groups in total. The summed E-state index contributed by atoms with van der Waals surface area (Å²) in [5.41, 5.74) is 5.54. The first kappa shape index (κ1) is 16.3. The molecule has 0 rings (SSSR count). The maximum Gasteiger partial charge on any atom is 0.233 e. The van der Waals surface area contributed by atoms with Crippen molar-refractivity contribution in [3.8, 4) is 0 Å². The molecule has 0 heterocycles. The molecule has 0 aliphatic rings. The molecule has 0 radical (unpaired) electrons. The van der Waals surface area contributed by atoms with Gasteiger partial charge in [-0.1, -0.05) is 33.0 Å². The standard InChI is InChI=1S/C12H25N3OS/c1-5-7-15(9-10(16)14-4)8-6-12(2,3)11(13)17/h5-9H2,1-4H3,(H2,13,17)(H,14,16). The minimum absolute atomic E-state index is 0.0478.